The Morgan fingerprint density at radius 2 is 1.89 bits per heavy atom. The average molecular weight is 245 g/mol. The van der Waals surface area contributed by atoms with Gasteiger partial charge in [0.25, 0.3) is 5.56 Å². The monoisotopic (exact) mass is 245 g/mol. The van der Waals surface area contributed by atoms with Crippen molar-refractivity contribution < 1.29 is 0 Å². The highest BCUT2D eigenvalue weighted by Crippen LogP contribution is 2.18. The standard InChI is InChI=1S/C14H19N3O/c1-9(2)8-15-10(3)13-11-6-4-5-7-12(11)14(18)17-16-13/h4-7,9-10,15H,8H2,1-3H3,(H,17,18)/t10-/m1/s1. The number of nitrogens with one attached hydrogen (secondary N) is 2. The molecule has 0 unspecified atom stereocenters. The van der Waals surface area contributed by atoms with Gasteiger partial charge in [0.2, 0.25) is 0 Å². The first-order valence-electron chi connectivity index (χ1n) is 6.30. The van der Waals surface area contributed by atoms with Crippen molar-refractivity contribution in [2.24, 2.45) is 5.92 Å². The number of aromatic nitrogens is 2. The molecule has 96 valence electrons. The Balaban J connectivity index is 2.39. The number of rotatable bonds is 4. The minimum absolute atomic E-state index is 0.120. The van der Waals surface area contributed by atoms with Gasteiger partial charge in [-0.2, -0.15) is 5.10 Å². The molecule has 0 saturated carbocycles. The van der Waals surface area contributed by atoms with Gasteiger partial charge in [-0.3, -0.25) is 4.79 Å². The predicted octanol–water partition coefficient (Wildman–Crippen LogP) is 2.23. The summed E-state index contributed by atoms with van der Waals surface area (Å²) >= 11 is 0. The van der Waals surface area contributed by atoms with Crippen molar-refractivity contribution in [1.82, 2.24) is 15.5 Å². The molecule has 0 aliphatic heterocycles. The Kier molecular flexibility index (Phi) is 3.77. The van der Waals surface area contributed by atoms with Crippen molar-refractivity contribution in [2.45, 2.75) is 26.8 Å². The molecule has 0 amide bonds. The molecule has 1 atom stereocenters. The van der Waals surface area contributed by atoms with E-state index in [1.807, 2.05) is 24.3 Å². The Morgan fingerprint density at radius 3 is 2.56 bits per heavy atom. The third kappa shape index (κ3) is 2.59. The van der Waals surface area contributed by atoms with Crippen LogP contribution in [0.3, 0.4) is 0 Å². The van der Waals surface area contributed by atoms with Crippen LogP contribution in [0, 0.1) is 5.92 Å². The lowest BCUT2D eigenvalue weighted by Crippen LogP contribution is -2.25. The number of hydrogen-bond acceptors (Lipinski definition) is 3. The Bertz CT molecular complexity index is 589. The zero-order valence-corrected chi connectivity index (χ0v) is 11.0. The third-order valence-corrected chi connectivity index (χ3v) is 2.97. The van der Waals surface area contributed by atoms with Crippen molar-refractivity contribution in [3.63, 3.8) is 0 Å². The molecule has 0 saturated heterocycles. The molecule has 1 heterocycles. The van der Waals surface area contributed by atoms with Crippen LogP contribution in [0.2, 0.25) is 0 Å². The first kappa shape index (κ1) is 12.8. The molecule has 2 rings (SSSR count). The molecule has 0 bridgehead atoms. The zero-order chi connectivity index (χ0) is 13.1. The summed E-state index contributed by atoms with van der Waals surface area (Å²) in [4.78, 5) is 11.7. The summed E-state index contributed by atoms with van der Waals surface area (Å²) in [5.41, 5.74) is 0.760. The molecule has 1 aromatic carbocycles. The van der Waals surface area contributed by atoms with E-state index in [0.29, 0.717) is 11.3 Å². The van der Waals surface area contributed by atoms with Gasteiger partial charge in [-0.05, 0) is 25.5 Å². The van der Waals surface area contributed by atoms with E-state index in [2.05, 4.69) is 36.3 Å². The number of hydrogen-bond donors (Lipinski definition) is 2. The van der Waals surface area contributed by atoms with Gasteiger partial charge in [0.1, 0.15) is 0 Å². The van der Waals surface area contributed by atoms with Crippen LogP contribution in [0.1, 0.15) is 32.5 Å². The SMILES string of the molecule is CC(C)CN[C@H](C)c1n[nH]c(=O)c2ccccc12. The zero-order valence-electron chi connectivity index (χ0n) is 11.0. The van der Waals surface area contributed by atoms with Crippen molar-refractivity contribution in [2.75, 3.05) is 6.54 Å². The highest BCUT2D eigenvalue weighted by molar-refractivity contribution is 5.83. The summed E-state index contributed by atoms with van der Waals surface area (Å²) in [6, 6.07) is 7.69. The van der Waals surface area contributed by atoms with E-state index in [0.717, 1.165) is 17.6 Å². The van der Waals surface area contributed by atoms with Gasteiger partial charge in [-0.1, -0.05) is 32.0 Å². The van der Waals surface area contributed by atoms with E-state index in [4.69, 9.17) is 0 Å². The molecule has 0 aliphatic rings. The summed E-state index contributed by atoms with van der Waals surface area (Å²) < 4.78 is 0. The number of H-pyrrole nitrogens is 1. The number of aromatic amines is 1. The lowest BCUT2D eigenvalue weighted by Gasteiger charge is -2.16. The maximum Gasteiger partial charge on any atom is 0.272 e. The molecular formula is C14H19N3O. The quantitative estimate of drug-likeness (QED) is 0.868. The van der Waals surface area contributed by atoms with Gasteiger partial charge in [-0.25, -0.2) is 5.10 Å². The fraction of sp³-hybridized carbons (Fsp3) is 0.429. The van der Waals surface area contributed by atoms with E-state index < -0.39 is 0 Å². The van der Waals surface area contributed by atoms with Gasteiger partial charge >= 0.3 is 0 Å². The van der Waals surface area contributed by atoms with Crippen LogP contribution < -0.4 is 10.9 Å². The van der Waals surface area contributed by atoms with Crippen LogP contribution >= 0.6 is 0 Å². The first-order chi connectivity index (χ1) is 8.59. The maximum atomic E-state index is 11.7. The molecule has 0 fully saturated rings. The molecule has 4 heteroatoms. The molecule has 2 N–H and O–H groups in total. The lowest BCUT2D eigenvalue weighted by molar-refractivity contribution is 0.489. The molecule has 18 heavy (non-hydrogen) atoms. The molecule has 0 aliphatic carbocycles. The van der Waals surface area contributed by atoms with Crippen LogP contribution in [0.5, 0.6) is 0 Å². The number of benzene rings is 1. The summed E-state index contributed by atoms with van der Waals surface area (Å²) in [5.74, 6) is 0.585. The van der Waals surface area contributed by atoms with Crippen molar-refractivity contribution in [1.29, 1.82) is 0 Å². The fourth-order valence-electron chi connectivity index (χ4n) is 1.98. The Hall–Kier alpha value is -1.68. The smallest absolute Gasteiger partial charge is 0.272 e. The molecular weight excluding hydrogens is 226 g/mol. The third-order valence-electron chi connectivity index (χ3n) is 2.97. The van der Waals surface area contributed by atoms with Crippen LogP contribution in [-0.2, 0) is 0 Å². The Labute approximate surface area is 106 Å². The first-order valence-corrected chi connectivity index (χ1v) is 6.30. The van der Waals surface area contributed by atoms with Crippen molar-refractivity contribution in [3.05, 3.63) is 40.3 Å². The van der Waals surface area contributed by atoms with Gasteiger partial charge in [0, 0.05) is 11.4 Å². The molecule has 4 nitrogen and oxygen atoms in total. The summed E-state index contributed by atoms with van der Waals surface area (Å²) in [6.45, 7) is 7.32. The Morgan fingerprint density at radius 1 is 1.22 bits per heavy atom. The minimum Gasteiger partial charge on any atom is -0.309 e. The maximum absolute atomic E-state index is 11.7. The van der Waals surface area contributed by atoms with E-state index in [-0.39, 0.29) is 11.6 Å². The molecule has 2 aromatic rings. The highest BCUT2D eigenvalue weighted by atomic mass is 16.1. The van der Waals surface area contributed by atoms with E-state index >= 15 is 0 Å². The second-order valence-electron chi connectivity index (χ2n) is 5.01. The summed E-state index contributed by atoms with van der Waals surface area (Å²) in [7, 11) is 0. The van der Waals surface area contributed by atoms with Gasteiger partial charge in [0.15, 0.2) is 0 Å². The average Bonchev–Trinajstić information content (AvgIpc) is 2.37. The van der Waals surface area contributed by atoms with Crippen LogP contribution in [0.15, 0.2) is 29.1 Å². The molecule has 1 aromatic heterocycles. The minimum atomic E-state index is -0.134. The predicted molar refractivity (Wildman–Crippen MR) is 73.6 cm³/mol. The fourth-order valence-corrected chi connectivity index (χ4v) is 1.98. The van der Waals surface area contributed by atoms with Crippen molar-refractivity contribution >= 4 is 10.8 Å². The van der Waals surface area contributed by atoms with Gasteiger partial charge in [0.05, 0.1) is 11.1 Å². The lowest BCUT2D eigenvalue weighted by atomic mass is 10.1. The second kappa shape index (κ2) is 5.31. The van der Waals surface area contributed by atoms with E-state index in [1.54, 1.807) is 0 Å². The van der Waals surface area contributed by atoms with Gasteiger partial charge in [-0.15, -0.1) is 0 Å². The second-order valence-corrected chi connectivity index (χ2v) is 5.01. The number of fused-ring (bicyclic) bond motifs is 1. The normalized spacial score (nSPS) is 13.1. The summed E-state index contributed by atoms with van der Waals surface area (Å²) in [6.07, 6.45) is 0. The topological polar surface area (TPSA) is 57.8 Å². The number of nitrogens with zero attached hydrogens (tertiary/aromatic N) is 1. The van der Waals surface area contributed by atoms with E-state index in [9.17, 15) is 4.79 Å². The van der Waals surface area contributed by atoms with Crippen LogP contribution in [0.4, 0.5) is 0 Å². The van der Waals surface area contributed by atoms with Crippen LogP contribution in [-0.4, -0.2) is 16.7 Å². The van der Waals surface area contributed by atoms with E-state index in [1.165, 1.54) is 0 Å². The largest absolute Gasteiger partial charge is 0.309 e. The molecule has 0 radical (unpaired) electrons. The highest BCUT2D eigenvalue weighted by Gasteiger charge is 2.12. The van der Waals surface area contributed by atoms with Crippen molar-refractivity contribution in [3.8, 4) is 0 Å². The van der Waals surface area contributed by atoms with Gasteiger partial charge < -0.3 is 5.32 Å². The van der Waals surface area contributed by atoms with Crippen LogP contribution in [0.25, 0.3) is 10.8 Å². The summed E-state index contributed by atoms with van der Waals surface area (Å²) in [5, 5.41) is 11.8. The molecule has 0 spiro atoms.